The zero-order valence-electron chi connectivity index (χ0n) is 16.3. The maximum atomic E-state index is 10.7. The molecule has 3 rings (SSSR count). The van der Waals surface area contributed by atoms with Crippen LogP contribution >= 0.6 is 11.3 Å². The van der Waals surface area contributed by atoms with Crippen LogP contribution in [-0.4, -0.2) is 33.7 Å². The first kappa shape index (κ1) is 20.1. The number of nitrogens with zero attached hydrogens (tertiary/aromatic N) is 3. The first-order chi connectivity index (χ1) is 13.6. The van der Waals surface area contributed by atoms with Crippen LogP contribution in [0.1, 0.15) is 29.9 Å². The van der Waals surface area contributed by atoms with Gasteiger partial charge in [-0.15, -0.1) is 11.3 Å². The lowest BCUT2D eigenvalue weighted by Crippen LogP contribution is -2.44. The lowest BCUT2D eigenvalue weighted by Gasteiger charge is -2.23. The third kappa shape index (κ3) is 5.68. The Morgan fingerprint density at radius 1 is 1.25 bits per heavy atom. The fraction of sp³-hybridized carbons (Fsp3) is 0.333. The third-order valence-electron chi connectivity index (χ3n) is 4.33. The Labute approximate surface area is 170 Å². The van der Waals surface area contributed by atoms with E-state index >= 15 is 0 Å². The highest BCUT2D eigenvalue weighted by Gasteiger charge is 2.24. The van der Waals surface area contributed by atoms with Crippen LogP contribution in [0.5, 0.6) is 0 Å². The van der Waals surface area contributed by atoms with Crippen LogP contribution in [-0.2, 0) is 18.7 Å². The first-order valence-corrected chi connectivity index (χ1v) is 10.3. The summed E-state index contributed by atoms with van der Waals surface area (Å²) in [4.78, 5) is 9.69. The van der Waals surface area contributed by atoms with E-state index in [0.717, 1.165) is 23.5 Å². The minimum absolute atomic E-state index is 0.389. The number of aromatic nitrogens is 2. The molecule has 7 heteroatoms. The Balaban J connectivity index is 1.62. The van der Waals surface area contributed by atoms with Gasteiger partial charge in [0.05, 0.1) is 19.4 Å². The number of aliphatic hydroxyl groups is 1. The molecule has 0 fully saturated rings. The largest absolute Gasteiger partial charge is 0.383 e. The SMILES string of the molecule is CCNC(=NCc1cccc(Cn2ccnc2)c1)NCC(C)(O)c1cccs1. The van der Waals surface area contributed by atoms with Crippen molar-refractivity contribution in [2.24, 2.45) is 4.99 Å². The van der Waals surface area contributed by atoms with Crippen molar-refractivity contribution in [3.05, 3.63) is 76.5 Å². The molecule has 148 valence electrons. The number of aliphatic imine (C=N–C) groups is 1. The van der Waals surface area contributed by atoms with Gasteiger partial charge in [0, 0.05) is 30.4 Å². The molecule has 0 saturated heterocycles. The number of guanidine groups is 1. The van der Waals surface area contributed by atoms with Gasteiger partial charge in [-0.1, -0.05) is 30.3 Å². The van der Waals surface area contributed by atoms with Crippen LogP contribution in [0.15, 0.2) is 65.5 Å². The number of nitrogens with one attached hydrogen (secondary N) is 2. The smallest absolute Gasteiger partial charge is 0.191 e. The van der Waals surface area contributed by atoms with Crippen molar-refractivity contribution in [1.82, 2.24) is 20.2 Å². The minimum Gasteiger partial charge on any atom is -0.383 e. The zero-order chi connectivity index (χ0) is 19.8. The Morgan fingerprint density at radius 3 is 2.82 bits per heavy atom. The average molecular weight is 398 g/mol. The standard InChI is InChI=1S/C21H27N5OS/c1-3-23-20(25-15-21(2,27)19-8-5-11-28-19)24-13-17-6-4-7-18(12-17)14-26-10-9-22-16-26/h4-12,16,27H,3,13-15H2,1-2H3,(H2,23,24,25). The van der Waals surface area contributed by atoms with Gasteiger partial charge in [-0.05, 0) is 36.4 Å². The Hall–Kier alpha value is -2.64. The van der Waals surface area contributed by atoms with E-state index < -0.39 is 5.60 Å². The summed E-state index contributed by atoms with van der Waals surface area (Å²) in [5.41, 5.74) is 1.42. The van der Waals surface area contributed by atoms with Gasteiger partial charge in [-0.3, -0.25) is 0 Å². The highest BCUT2D eigenvalue weighted by molar-refractivity contribution is 7.10. The number of imidazole rings is 1. The van der Waals surface area contributed by atoms with Crippen molar-refractivity contribution >= 4 is 17.3 Å². The van der Waals surface area contributed by atoms with Crippen molar-refractivity contribution < 1.29 is 5.11 Å². The molecule has 28 heavy (non-hydrogen) atoms. The van der Waals surface area contributed by atoms with Gasteiger partial charge >= 0.3 is 0 Å². The molecular formula is C21H27N5OS. The summed E-state index contributed by atoms with van der Waals surface area (Å²) in [7, 11) is 0. The summed E-state index contributed by atoms with van der Waals surface area (Å²) in [5, 5.41) is 19.2. The summed E-state index contributed by atoms with van der Waals surface area (Å²) in [5.74, 6) is 0.694. The zero-order valence-corrected chi connectivity index (χ0v) is 17.1. The van der Waals surface area contributed by atoms with Crippen molar-refractivity contribution in [3.63, 3.8) is 0 Å². The fourth-order valence-corrected chi connectivity index (χ4v) is 3.64. The van der Waals surface area contributed by atoms with Crippen LogP contribution in [0.25, 0.3) is 0 Å². The summed E-state index contributed by atoms with van der Waals surface area (Å²) < 4.78 is 2.04. The van der Waals surface area contributed by atoms with Gasteiger partial charge < -0.3 is 20.3 Å². The normalized spacial score (nSPS) is 13.9. The van der Waals surface area contributed by atoms with Crippen LogP contribution in [0.4, 0.5) is 0 Å². The quantitative estimate of drug-likeness (QED) is 0.404. The van der Waals surface area contributed by atoms with Gasteiger partial charge in [-0.2, -0.15) is 0 Å². The van der Waals surface area contributed by atoms with Crippen molar-refractivity contribution in [3.8, 4) is 0 Å². The van der Waals surface area contributed by atoms with E-state index in [1.807, 2.05) is 48.5 Å². The Kier molecular flexibility index (Phi) is 6.84. The Morgan fingerprint density at radius 2 is 2.11 bits per heavy atom. The molecule has 1 unspecified atom stereocenters. The van der Waals surface area contributed by atoms with E-state index in [9.17, 15) is 5.11 Å². The molecule has 6 nitrogen and oxygen atoms in total. The van der Waals surface area contributed by atoms with Gasteiger partial charge in [0.2, 0.25) is 0 Å². The van der Waals surface area contributed by atoms with Crippen LogP contribution in [0.2, 0.25) is 0 Å². The maximum absolute atomic E-state index is 10.7. The second-order valence-electron chi connectivity index (χ2n) is 6.85. The monoisotopic (exact) mass is 397 g/mol. The predicted octanol–water partition coefficient (Wildman–Crippen LogP) is 2.96. The predicted molar refractivity (Wildman–Crippen MR) is 114 cm³/mol. The van der Waals surface area contributed by atoms with Gasteiger partial charge in [0.15, 0.2) is 5.96 Å². The average Bonchev–Trinajstić information content (AvgIpc) is 3.39. The molecule has 1 aromatic carbocycles. The van der Waals surface area contributed by atoms with Crippen molar-refractivity contribution in [2.45, 2.75) is 32.5 Å². The molecule has 0 aliphatic rings. The molecule has 3 N–H and O–H groups in total. The van der Waals surface area contributed by atoms with E-state index in [-0.39, 0.29) is 0 Å². The van der Waals surface area contributed by atoms with E-state index in [1.165, 1.54) is 5.56 Å². The van der Waals surface area contributed by atoms with Crippen LogP contribution in [0.3, 0.4) is 0 Å². The number of thiophene rings is 1. The summed E-state index contributed by atoms with van der Waals surface area (Å²) in [6, 6.07) is 12.3. The molecule has 0 amide bonds. The molecule has 0 aliphatic carbocycles. The molecule has 0 radical (unpaired) electrons. The number of rotatable bonds is 8. The molecule has 0 aliphatic heterocycles. The van der Waals surface area contributed by atoms with Crippen LogP contribution in [0, 0.1) is 0 Å². The lowest BCUT2D eigenvalue weighted by atomic mass is 10.1. The van der Waals surface area contributed by atoms with E-state index in [0.29, 0.717) is 19.0 Å². The number of hydrogen-bond donors (Lipinski definition) is 3. The molecule has 1 atom stereocenters. The molecule has 0 spiro atoms. The minimum atomic E-state index is -0.935. The summed E-state index contributed by atoms with van der Waals surface area (Å²) in [6.07, 6.45) is 5.56. The Bertz CT molecular complexity index is 872. The molecule has 2 aromatic heterocycles. The molecular weight excluding hydrogens is 370 g/mol. The fourth-order valence-electron chi connectivity index (χ4n) is 2.86. The van der Waals surface area contributed by atoms with Crippen molar-refractivity contribution in [1.29, 1.82) is 0 Å². The molecule has 0 bridgehead atoms. The topological polar surface area (TPSA) is 74.5 Å². The van der Waals surface area contributed by atoms with Gasteiger partial charge in [0.1, 0.15) is 5.60 Å². The third-order valence-corrected chi connectivity index (χ3v) is 5.45. The number of hydrogen-bond acceptors (Lipinski definition) is 4. The van der Waals surface area contributed by atoms with E-state index in [4.69, 9.17) is 0 Å². The van der Waals surface area contributed by atoms with Crippen LogP contribution < -0.4 is 10.6 Å². The summed E-state index contributed by atoms with van der Waals surface area (Å²) >= 11 is 1.55. The lowest BCUT2D eigenvalue weighted by molar-refractivity contribution is 0.0655. The van der Waals surface area contributed by atoms with E-state index in [1.54, 1.807) is 17.5 Å². The van der Waals surface area contributed by atoms with Gasteiger partial charge in [0.25, 0.3) is 0 Å². The summed E-state index contributed by atoms with van der Waals surface area (Å²) in [6.45, 7) is 6.34. The number of benzene rings is 1. The molecule has 2 heterocycles. The second-order valence-corrected chi connectivity index (χ2v) is 7.80. The highest BCUT2D eigenvalue weighted by atomic mass is 32.1. The van der Waals surface area contributed by atoms with E-state index in [2.05, 4.69) is 44.9 Å². The molecule has 3 aromatic rings. The van der Waals surface area contributed by atoms with Crippen molar-refractivity contribution in [2.75, 3.05) is 13.1 Å². The maximum Gasteiger partial charge on any atom is 0.191 e. The first-order valence-electron chi connectivity index (χ1n) is 9.39. The highest BCUT2D eigenvalue weighted by Crippen LogP contribution is 2.24. The second kappa shape index (κ2) is 9.52. The van der Waals surface area contributed by atoms with Gasteiger partial charge in [-0.25, -0.2) is 9.98 Å². The molecule has 0 saturated carbocycles.